The van der Waals surface area contributed by atoms with Crippen molar-refractivity contribution in [1.29, 1.82) is 0 Å². The number of ether oxygens (including phenoxy) is 2. The van der Waals surface area contributed by atoms with Crippen LogP contribution in [-0.4, -0.2) is 45.4 Å². The van der Waals surface area contributed by atoms with Crippen molar-refractivity contribution < 1.29 is 14.3 Å². The molecule has 0 aliphatic carbocycles. The SMILES string of the molecule is COc1cc(-c2ccc[nH]2)[nH]c1C=C1N=c2ccccc2=C1C.COc1cc(-c2ccc[nH]2)[nH]c1C=O.Cc1c[nH]c2ccccc12. The van der Waals surface area contributed by atoms with E-state index in [1.54, 1.807) is 13.2 Å². The zero-order chi connectivity index (χ0) is 32.8. The molecule has 0 amide bonds. The minimum atomic E-state index is 0.456. The number of carbonyl (C=O) groups is 1. The molecule has 0 spiro atoms. The van der Waals surface area contributed by atoms with E-state index in [0.29, 0.717) is 11.4 Å². The van der Waals surface area contributed by atoms with Gasteiger partial charge in [-0.25, -0.2) is 4.99 Å². The number of benzene rings is 2. The van der Waals surface area contributed by atoms with E-state index in [-0.39, 0.29) is 0 Å². The van der Waals surface area contributed by atoms with Crippen LogP contribution < -0.4 is 20.0 Å². The summed E-state index contributed by atoms with van der Waals surface area (Å²) in [6.07, 6.45) is 8.54. The van der Waals surface area contributed by atoms with Crippen LogP contribution in [0.2, 0.25) is 0 Å². The van der Waals surface area contributed by atoms with Gasteiger partial charge < -0.3 is 34.4 Å². The number of aromatic amines is 5. The Hall–Kier alpha value is -6.22. The monoisotopic (exact) mass is 624 g/mol. The number of hydrogen-bond donors (Lipinski definition) is 5. The number of para-hydroxylation sites is 2. The number of aromatic nitrogens is 5. The molecule has 9 heteroatoms. The van der Waals surface area contributed by atoms with Crippen LogP contribution in [0, 0.1) is 6.92 Å². The molecule has 47 heavy (non-hydrogen) atoms. The van der Waals surface area contributed by atoms with Gasteiger partial charge >= 0.3 is 0 Å². The van der Waals surface area contributed by atoms with Crippen LogP contribution in [0.4, 0.5) is 0 Å². The highest BCUT2D eigenvalue weighted by Crippen LogP contribution is 2.29. The quantitative estimate of drug-likeness (QED) is 0.126. The lowest BCUT2D eigenvalue weighted by Gasteiger charge is -1.99. The predicted molar refractivity (Wildman–Crippen MR) is 187 cm³/mol. The maximum Gasteiger partial charge on any atom is 0.170 e. The molecule has 0 saturated heterocycles. The summed E-state index contributed by atoms with van der Waals surface area (Å²) >= 11 is 0. The Kier molecular flexibility index (Phi) is 9.06. The number of nitrogens with one attached hydrogen (secondary N) is 5. The van der Waals surface area contributed by atoms with E-state index in [0.717, 1.165) is 51.6 Å². The highest BCUT2D eigenvalue weighted by atomic mass is 16.5. The Morgan fingerprint density at radius 2 is 1.30 bits per heavy atom. The number of methoxy groups -OCH3 is 2. The standard InChI is InChI=1S/C19H17N3O.C10H10N2O2.C9H9N/c1-12-13-6-3-4-7-14(13)21-16(12)10-18-19(23-2)11-17(22-18)15-8-5-9-20-15;1-14-10-5-8(12-9(10)6-13)7-3-2-4-11-7;1-7-6-10-9-5-3-2-4-8(7)9/h3-11,20,22H,1-2H3;2-6,11-12H,1H3;2-6,10H,1H3. The Labute approximate surface area is 271 Å². The second-order valence-electron chi connectivity index (χ2n) is 10.9. The minimum Gasteiger partial charge on any atom is -0.494 e. The lowest BCUT2D eigenvalue weighted by molar-refractivity contribution is 0.111. The van der Waals surface area contributed by atoms with Gasteiger partial charge in [0.25, 0.3) is 0 Å². The van der Waals surface area contributed by atoms with E-state index in [2.05, 4.69) is 63.0 Å². The number of rotatable bonds is 6. The van der Waals surface area contributed by atoms with E-state index >= 15 is 0 Å². The fourth-order valence-electron chi connectivity index (χ4n) is 5.46. The average Bonchev–Trinajstić information content (AvgIpc) is 3.96. The molecule has 6 heterocycles. The number of aryl methyl sites for hydroxylation is 1. The number of fused-ring (bicyclic) bond motifs is 2. The molecule has 1 aliphatic heterocycles. The highest BCUT2D eigenvalue weighted by molar-refractivity contribution is 5.82. The van der Waals surface area contributed by atoms with Crippen LogP contribution >= 0.6 is 0 Å². The van der Waals surface area contributed by atoms with Crippen LogP contribution in [0.5, 0.6) is 11.5 Å². The smallest absolute Gasteiger partial charge is 0.170 e. The number of aldehydes is 1. The summed E-state index contributed by atoms with van der Waals surface area (Å²) in [7, 11) is 3.22. The molecule has 0 fully saturated rings. The summed E-state index contributed by atoms with van der Waals surface area (Å²) < 4.78 is 10.5. The van der Waals surface area contributed by atoms with Crippen molar-refractivity contribution in [2.45, 2.75) is 13.8 Å². The van der Waals surface area contributed by atoms with Crippen LogP contribution in [0.1, 0.15) is 28.7 Å². The fraction of sp³-hybridized carbons (Fsp3) is 0.105. The summed E-state index contributed by atoms with van der Waals surface area (Å²) in [5.74, 6) is 1.37. The molecule has 0 saturated carbocycles. The first-order chi connectivity index (χ1) is 23.0. The van der Waals surface area contributed by atoms with Crippen molar-refractivity contribution in [2.24, 2.45) is 4.99 Å². The molecule has 2 aromatic carbocycles. The van der Waals surface area contributed by atoms with E-state index in [4.69, 9.17) is 14.5 Å². The number of nitrogens with zero attached hydrogens (tertiary/aromatic N) is 1. The first-order valence-electron chi connectivity index (χ1n) is 15.1. The van der Waals surface area contributed by atoms with E-state index in [9.17, 15) is 4.79 Å². The van der Waals surface area contributed by atoms with Gasteiger partial charge in [-0.1, -0.05) is 36.4 Å². The summed E-state index contributed by atoms with van der Waals surface area (Å²) in [5.41, 5.74) is 9.84. The molecule has 8 rings (SSSR count). The van der Waals surface area contributed by atoms with Gasteiger partial charge in [0.05, 0.1) is 53.7 Å². The number of carbonyl (C=O) groups excluding carboxylic acids is 1. The molecular formula is C38H36N6O3. The van der Waals surface area contributed by atoms with Crippen LogP contribution in [0.15, 0.2) is 114 Å². The zero-order valence-corrected chi connectivity index (χ0v) is 26.6. The van der Waals surface area contributed by atoms with Gasteiger partial charge in [-0.3, -0.25) is 4.79 Å². The molecule has 0 radical (unpaired) electrons. The van der Waals surface area contributed by atoms with E-state index in [1.165, 1.54) is 34.4 Å². The molecule has 9 nitrogen and oxygen atoms in total. The molecule has 236 valence electrons. The molecule has 7 aromatic rings. The Morgan fingerprint density at radius 1 is 0.681 bits per heavy atom. The predicted octanol–water partition coefficient (Wildman–Crippen LogP) is 7.17. The van der Waals surface area contributed by atoms with Gasteiger partial charge in [0.1, 0.15) is 17.2 Å². The molecule has 5 N–H and O–H groups in total. The van der Waals surface area contributed by atoms with Crippen LogP contribution in [-0.2, 0) is 0 Å². The van der Waals surface area contributed by atoms with Crippen molar-refractivity contribution in [3.8, 4) is 34.3 Å². The van der Waals surface area contributed by atoms with Crippen LogP contribution in [0.25, 0.3) is 45.3 Å². The summed E-state index contributed by atoms with van der Waals surface area (Å²) in [6.45, 7) is 4.21. The molecule has 0 atom stereocenters. The number of allylic oxidation sites excluding steroid dienone is 1. The average molecular weight is 625 g/mol. The largest absolute Gasteiger partial charge is 0.494 e. The second kappa shape index (κ2) is 13.8. The van der Waals surface area contributed by atoms with E-state index in [1.807, 2.05) is 79.3 Å². The normalized spacial score (nSPS) is 12.5. The molecular weight excluding hydrogens is 588 g/mol. The summed E-state index contributed by atoms with van der Waals surface area (Å²) in [6, 6.07) is 28.1. The topological polar surface area (TPSA) is 127 Å². The van der Waals surface area contributed by atoms with Crippen molar-refractivity contribution in [2.75, 3.05) is 14.2 Å². The van der Waals surface area contributed by atoms with Gasteiger partial charge in [0, 0.05) is 46.8 Å². The van der Waals surface area contributed by atoms with Gasteiger partial charge in [-0.2, -0.15) is 0 Å². The minimum absolute atomic E-state index is 0.456. The van der Waals surface area contributed by atoms with Crippen LogP contribution in [0.3, 0.4) is 0 Å². The summed E-state index contributed by atoms with van der Waals surface area (Å²) in [5, 5.41) is 3.53. The third kappa shape index (κ3) is 6.60. The van der Waals surface area contributed by atoms with Crippen molar-refractivity contribution in [1.82, 2.24) is 24.9 Å². The van der Waals surface area contributed by atoms with Gasteiger partial charge in [0.2, 0.25) is 0 Å². The van der Waals surface area contributed by atoms with Gasteiger partial charge in [-0.05, 0) is 67.5 Å². The highest BCUT2D eigenvalue weighted by Gasteiger charge is 2.13. The van der Waals surface area contributed by atoms with E-state index < -0.39 is 0 Å². The zero-order valence-electron chi connectivity index (χ0n) is 26.6. The Balaban J connectivity index is 0.000000136. The Bertz CT molecular complexity index is 2260. The Morgan fingerprint density at radius 3 is 1.87 bits per heavy atom. The summed E-state index contributed by atoms with van der Waals surface area (Å²) in [4.78, 5) is 31.2. The molecule has 0 bridgehead atoms. The third-order valence-electron chi connectivity index (χ3n) is 7.96. The number of H-pyrrole nitrogens is 5. The van der Waals surface area contributed by atoms with Gasteiger partial charge in [0.15, 0.2) is 6.29 Å². The lowest BCUT2D eigenvalue weighted by Crippen LogP contribution is -2.21. The van der Waals surface area contributed by atoms with Crippen molar-refractivity contribution >= 4 is 28.8 Å². The van der Waals surface area contributed by atoms with Crippen molar-refractivity contribution in [3.05, 3.63) is 137 Å². The lowest BCUT2D eigenvalue weighted by atomic mass is 10.1. The molecule has 1 aliphatic rings. The maximum atomic E-state index is 10.6. The maximum absolute atomic E-state index is 10.6. The van der Waals surface area contributed by atoms with Gasteiger partial charge in [-0.15, -0.1) is 0 Å². The third-order valence-corrected chi connectivity index (χ3v) is 7.96. The fourth-order valence-corrected chi connectivity index (χ4v) is 5.46. The molecule has 0 unspecified atom stereocenters. The first kappa shape index (κ1) is 30.8. The van der Waals surface area contributed by atoms with Crippen molar-refractivity contribution in [3.63, 3.8) is 0 Å². The second-order valence-corrected chi connectivity index (χ2v) is 10.9. The number of hydrogen-bond acceptors (Lipinski definition) is 4. The molecule has 5 aromatic heterocycles. The first-order valence-corrected chi connectivity index (χ1v) is 15.1.